The van der Waals surface area contributed by atoms with Crippen LogP contribution in [-0.2, 0) is 0 Å². The van der Waals surface area contributed by atoms with Gasteiger partial charge in [-0.1, -0.05) is 24.8 Å². The predicted molar refractivity (Wildman–Crippen MR) is 127 cm³/mol. The monoisotopic (exact) mass is 432 g/mol. The fraction of sp³-hybridized carbons (Fsp3) is 0.360. The molecule has 3 aromatic rings. The van der Waals surface area contributed by atoms with Crippen LogP contribution in [0.15, 0.2) is 53.7 Å². The van der Waals surface area contributed by atoms with Crippen LogP contribution < -0.4 is 4.74 Å². The lowest BCUT2D eigenvalue weighted by atomic mass is 9.93. The van der Waals surface area contributed by atoms with E-state index in [0.717, 1.165) is 28.8 Å². The van der Waals surface area contributed by atoms with Crippen molar-refractivity contribution in [3.8, 4) is 11.4 Å². The molecule has 0 N–H and O–H groups in total. The van der Waals surface area contributed by atoms with Gasteiger partial charge in [0.25, 0.3) is 0 Å². The number of aromatic nitrogens is 2. The molecule has 2 aromatic heterocycles. The summed E-state index contributed by atoms with van der Waals surface area (Å²) in [5.41, 5.74) is 7.44. The molecule has 160 valence electrons. The normalized spacial score (nSPS) is 22.5. The van der Waals surface area contributed by atoms with Crippen LogP contribution in [0.4, 0.5) is 0 Å². The molecule has 0 unspecified atom stereocenters. The minimum atomic E-state index is 0.0136. The lowest BCUT2D eigenvalue weighted by Crippen LogP contribution is -2.29. The zero-order valence-corrected chi connectivity index (χ0v) is 19.5. The average molecular weight is 433 g/mol. The third kappa shape index (κ3) is 3.24. The summed E-state index contributed by atoms with van der Waals surface area (Å²) in [6.45, 7) is 10.00. The van der Waals surface area contributed by atoms with Crippen molar-refractivity contribution in [2.45, 2.75) is 45.0 Å². The van der Waals surface area contributed by atoms with Gasteiger partial charge in [-0.15, -0.1) is 0 Å². The Labute approximate surface area is 188 Å². The molecule has 0 radical (unpaired) electrons. The molecule has 2 aliphatic heterocycles. The van der Waals surface area contributed by atoms with E-state index in [0.29, 0.717) is 5.25 Å². The lowest BCUT2D eigenvalue weighted by Gasteiger charge is -2.28. The Bertz CT molecular complexity index is 1140. The Morgan fingerprint density at radius 2 is 1.81 bits per heavy atom. The maximum Gasteiger partial charge on any atom is 0.160 e. The number of fused-ring (bicyclic) bond motifs is 1. The second kappa shape index (κ2) is 7.75. The molecule has 31 heavy (non-hydrogen) atoms. The summed E-state index contributed by atoms with van der Waals surface area (Å²) in [5.74, 6) is 0.871. The molecule has 1 fully saturated rings. The number of pyridine rings is 1. The molecule has 0 amide bonds. The van der Waals surface area contributed by atoms with Gasteiger partial charge in [0.15, 0.2) is 5.17 Å². The maximum absolute atomic E-state index is 5.36. The largest absolute Gasteiger partial charge is 0.497 e. The molecule has 4 heterocycles. The summed E-state index contributed by atoms with van der Waals surface area (Å²) in [6, 6.07) is 14.6. The summed E-state index contributed by atoms with van der Waals surface area (Å²) in [6.07, 6.45) is 1.87. The zero-order valence-electron chi connectivity index (χ0n) is 18.7. The number of ether oxygens (including phenoxy) is 1. The van der Waals surface area contributed by atoms with Gasteiger partial charge in [-0.25, -0.2) is 0 Å². The topological polar surface area (TPSA) is 42.6 Å². The Kier molecular flexibility index (Phi) is 5.05. The van der Waals surface area contributed by atoms with E-state index in [9.17, 15) is 0 Å². The van der Waals surface area contributed by atoms with Gasteiger partial charge in [0, 0.05) is 40.6 Å². The molecule has 1 aromatic carbocycles. The van der Waals surface area contributed by atoms with Gasteiger partial charge in [0.1, 0.15) is 11.8 Å². The molecular weight excluding hydrogens is 404 g/mol. The third-order valence-electron chi connectivity index (χ3n) is 6.51. The number of benzene rings is 1. The highest BCUT2D eigenvalue weighted by Gasteiger charge is 2.45. The summed E-state index contributed by atoms with van der Waals surface area (Å²) < 4.78 is 7.72. The molecule has 6 heteroatoms. The van der Waals surface area contributed by atoms with Gasteiger partial charge in [-0.2, -0.15) is 0 Å². The highest BCUT2D eigenvalue weighted by molar-refractivity contribution is 8.14. The van der Waals surface area contributed by atoms with Gasteiger partial charge in [-0.3, -0.25) is 9.98 Å². The smallest absolute Gasteiger partial charge is 0.160 e. The van der Waals surface area contributed by atoms with Crippen molar-refractivity contribution in [3.63, 3.8) is 0 Å². The van der Waals surface area contributed by atoms with Crippen LogP contribution in [0.1, 0.15) is 47.2 Å². The molecule has 5 rings (SSSR count). The van der Waals surface area contributed by atoms with E-state index in [-0.39, 0.29) is 12.1 Å². The van der Waals surface area contributed by atoms with E-state index in [1.807, 2.05) is 36.2 Å². The van der Waals surface area contributed by atoms with Crippen LogP contribution >= 0.6 is 11.8 Å². The number of rotatable bonds is 4. The number of nitrogens with zero attached hydrogens (tertiary/aromatic N) is 4. The van der Waals surface area contributed by atoms with Crippen molar-refractivity contribution in [1.82, 2.24) is 14.5 Å². The molecule has 0 spiro atoms. The highest BCUT2D eigenvalue weighted by atomic mass is 32.2. The van der Waals surface area contributed by atoms with E-state index in [2.05, 4.69) is 66.4 Å². The van der Waals surface area contributed by atoms with Crippen LogP contribution in [0.25, 0.3) is 5.69 Å². The number of amidine groups is 1. The first-order chi connectivity index (χ1) is 15.0. The second-order valence-corrected chi connectivity index (χ2v) is 9.79. The van der Waals surface area contributed by atoms with Crippen LogP contribution in [0.5, 0.6) is 5.75 Å². The Morgan fingerprint density at radius 1 is 1.03 bits per heavy atom. The van der Waals surface area contributed by atoms with E-state index in [1.165, 1.54) is 22.5 Å². The van der Waals surface area contributed by atoms with Gasteiger partial charge >= 0.3 is 0 Å². The van der Waals surface area contributed by atoms with E-state index >= 15 is 0 Å². The van der Waals surface area contributed by atoms with Crippen LogP contribution in [0.2, 0.25) is 0 Å². The van der Waals surface area contributed by atoms with Crippen molar-refractivity contribution in [3.05, 3.63) is 76.9 Å². The fourth-order valence-corrected chi connectivity index (χ4v) is 6.08. The molecule has 5 nitrogen and oxygen atoms in total. The second-order valence-electron chi connectivity index (χ2n) is 8.38. The van der Waals surface area contributed by atoms with Gasteiger partial charge in [0.05, 0.1) is 18.8 Å². The molecule has 2 aliphatic rings. The van der Waals surface area contributed by atoms with Crippen LogP contribution in [-0.4, -0.2) is 38.5 Å². The third-order valence-corrected chi connectivity index (χ3v) is 7.62. The molecule has 0 aliphatic carbocycles. The first-order valence-electron chi connectivity index (χ1n) is 10.7. The van der Waals surface area contributed by atoms with Crippen molar-refractivity contribution < 1.29 is 4.74 Å². The first kappa shape index (κ1) is 20.2. The quantitative estimate of drug-likeness (QED) is 0.554. The number of hydrogen-bond acceptors (Lipinski definition) is 5. The molecule has 0 bridgehead atoms. The first-order valence-corrected chi connectivity index (χ1v) is 11.6. The van der Waals surface area contributed by atoms with E-state index in [4.69, 9.17) is 9.73 Å². The minimum Gasteiger partial charge on any atom is -0.497 e. The number of aliphatic imine (C=N–C) groups is 1. The Morgan fingerprint density at radius 3 is 2.48 bits per heavy atom. The standard InChI is InChI=1S/C25H28N4OS/c1-15-14-28-24(23(27-25(28)31-15)21-8-6-7-13-26-21)22-16(2)17(3)29(18(22)4)19-9-11-20(30-5)12-10-19/h6-13,15,23-24H,14H2,1-5H3/t15-,23+,24+/m0/s1. The Hall–Kier alpha value is -2.73. The molecule has 0 saturated carbocycles. The zero-order chi connectivity index (χ0) is 21.7. The van der Waals surface area contributed by atoms with Crippen LogP contribution in [0.3, 0.4) is 0 Å². The van der Waals surface area contributed by atoms with Gasteiger partial charge in [0.2, 0.25) is 0 Å². The van der Waals surface area contributed by atoms with Gasteiger partial charge in [-0.05, 0) is 62.7 Å². The fourth-order valence-electron chi connectivity index (χ4n) is 4.99. The molecular formula is C25H28N4OS. The van der Waals surface area contributed by atoms with Crippen molar-refractivity contribution in [2.75, 3.05) is 13.7 Å². The molecule has 3 atom stereocenters. The summed E-state index contributed by atoms with van der Waals surface area (Å²) in [5, 5.41) is 1.71. The highest BCUT2D eigenvalue weighted by Crippen LogP contribution is 2.50. The maximum atomic E-state index is 5.36. The SMILES string of the molecule is COc1ccc(-n2c(C)c(C)c([C@@H]3[C@@H](c4ccccn4)N=C4S[C@@H](C)CN43)c2C)cc1. The average Bonchev–Trinajstić information content (AvgIpc) is 3.38. The van der Waals surface area contributed by atoms with Gasteiger partial charge < -0.3 is 14.2 Å². The van der Waals surface area contributed by atoms with E-state index < -0.39 is 0 Å². The van der Waals surface area contributed by atoms with Crippen molar-refractivity contribution in [1.29, 1.82) is 0 Å². The summed E-state index contributed by atoms with van der Waals surface area (Å²) in [7, 11) is 1.70. The lowest BCUT2D eigenvalue weighted by molar-refractivity contribution is 0.319. The summed E-state index contributed by atoms with van der Waals surface area (Å²) >= 11 is 1.88. The van der Waals surface area contributed by atoms with Crippen LogP contribution in [0, 0.1) is 20.8 Å². The summed E-state index contributed by atoms with van der Waals surface area (Å²) in [4.78, 5) is 12.3. The number of methoxy groups -OCH3 is 1. The number of hydrogen-bond donors (Lipinski definition) is 0. The van der Waals surface area contributed by atoms with Crippen molar-refractivity contribution >= 4 is 16.9 Å². The predicted octanol–water partition coefficient (Wildman–Crippen LogP) is 5.40. The number of thioether (sulfide) groups is 1. The molecule has 1 saturated heterocycles. The van der Waals surface area contributed by atoms with Crippen molar-refractivity contribution in [2.24, 2.45) is 4.99 Å². The minimum absolute atomic E-state index is 0.0136. The Balaban J connectivity index is 1.64. The van der Waals surface area contributed by atoms with E-state index in [1.54, 1.807) is 7.11 Å².